The Bertz CT molecular complexity index is 682. The van der Waals surface area contributed by atoms with Crippen molar-refractivity contribution in [3.8, 4) is 5.75 Å². The molecule has 6 heteroatoms. The lowest BCUT2D eigenvalue weighted by molar-refractivity contribution is 0.268. The fraction of sp³-hybridized carbons (Fsp3) is 0.474. The van der Waals surface area contributed by atoms with E-state index in [0.717, 1.165) is 47.5 Å². The van der Waals surface area contributed by atoms with Gasteiger partial charge in [0.2, 0.25) is 0 Å². The van der Waals surface area contributed by atoms with Crippen LogP contribution in [0.2, 0.25) is 0 Å². The maximum atomic E-state index is 5.90. The molecule has 0 aliphatic rings. The molecule has 0 bridgehead atoms. The summed E-state index contributed by atoms with van der Waals surface area (Å²) in [5, 5.41) is 9.89. The lowest BCUT2D eigenvalue weighted by Gasteiger charge is -2.15. The van der Waals surface area contributed by atoms with Crippen molar-refractivity contribution < 1.29 is 4.74 Å². The van der Waals surface area contributed by atoms with Gasteiger partial charge in [-0.2, -0.15) is 0 Å². The molecule has 0 spiro atoms. The molecule has 5 nitrogen and oxygen atoms in total. The summed E-state index contributed by atoms with van der Waals surface area (Å²) in [5.74, 6) is 2.22. The van der Waals surface area contributed by atoms with Crippen LogP contribution in [0.25, 0.3) is 0 Å². The van der Waals surface area contributed by atoms with Gasteiger partial charge in [-0.3, -0.25) is 4.99 Å². The number of para-hydroxylation sites is 1. The Kier molecular flexibility index (Phi) is 7.73. The summed E-state index contributed by atoms with van der Waals surface area (Å²) >= 11 is 1.69. The van der Waals surface area contributed by atoms with Crippen LogP contribution in [0.1, 0.15) is 30.1 Å². The fourth-order valence-corrected chi connectivity index (χ4v) is 2.93. The van der Waals surface area contributed by atoms with E-state index in [1.54, 1.807) is 18.4 Å². The molecule has 0 amide bonds. The summed E-state index contributed by atoms with van der Waals surface area (Å²) in [6.07, 6.45) is 0.888. The van der Waals surface area contributed by atoms with Crippen molar-refractivity contribution in [3.05, 3.63) is 45.9 Å². The summed E-state index contributed by atoms with van der Waals surface area (Å²) in [6.45, 7) is 8.52. The number of hydrogen-bond donors (Lipinski definition) is 2. The number of rotatable bonds is 8. The van der Waals surface area contributed by atoms with Crippen molar-refractivity contribution in [1.29, 1.82) is 0 Å². The molecule has 25 heavy (non-hydrogen) atoms. The van der Waals surface area contributed by atoms with Gasteiger partial charge in [-0.1, -0.05) is 32.0 Å². The molecule has 0 aliphatic heterocycles. The molecule has 0 fully saturated rings. The second-order valence-electron chi connectivity index (χ2n) is 6.27. The molecule has 0 saturated heterocycles. The first-order valence-electron chi connectivity index (χ1n) is 8.64. The fourth-order valence-electron chi connectivity index (χ4n) is 2.28. The van der Waals surface area contributed by atoms with Crippen LogP contribution in [0, 0.1) is 12.8 Å². The molecular weight excluding hydrogens is 332 g/mol. The second kappa shape index (κ2) is 10.0. The molecule has 2 aromatic rings. The Balaban J connectivity index is 1.82. The number of aliphatic imine (C=N–C) groups is 1. The molecule has 136 valence electrons. The van der Waals surface area contributed by atoms with Crippen LogP contribution in [0.4, 0.5) is 0 Å². The zero-order valence-electron chi connectivity index (χ0n) is 15.5. The van der Waals surface area contributed by atoms with E-state index in [9.17, 15) is 0 Å². The maximum Gasteiger partial charge on any atom is 0.191 e. The van der Waals surface area contributed by atoms with Gasteiger partial charge in [-0.25, -0.2) is 4.98 Å². The van der Waals surface area contributed by atoms with E-state index in [-0.39, 0.29) is 0 Å². The summed E-state index contributed by atoms with van der Waals surface area (Å²) in [4.78, 5) is 8.75. The van der Waals surface area contributed by atoms with Gasteiger partial charge < -0.3 is 15.4 Å². The van der Waals surface area contributed by atoms with Crippen LogP contribution in [-0.2, 0) is 13.0 Å². The third kappa shape index (κ3) is 6.74. The van der Waals surface area contributed by atoms with Crippen molar-refractivity contribution in [1.82, 2.24) is 15.6 Å². The standard InChI is InChI=1S/C19H28N4OS/c1-14(2)12-24-18-8-6-5-7-16(18)11-22-19(20-4)21-10-9-17-13-25-15(3)23-17/h5-8,13-14H,9-12H2,1-4H3,(H2,20,21,22). The predicted octanol–water partition coefficient (Wildman–Crippen LogP) is 3.39. The Morgan fingerprint density at radius 1 is 1.28 bits per heavy atom. The van der Waals surface area contributed by atoms with E-state index in [2.05, 4.69) is 45.9 Å². The first kappa shape index (κ1) is 19.2. The monoisotopic (exact) mass is 360 g/mol. The number of aryl methyl sites for hydroxylation is 1. The average molecular weight is 361 g/mol. The highest BCUT2D eigenvalue weighted by molar-refractivity contribution is 7.09. The smallest absolute Gasteiger partial charge is 0.191 e. The highest BCUT2D eigenvalue weighted by Gasteiger charge is 2.06. The minimum absolute atomic E-state index is 0.504. The Hall–Kier alpha value is -2.08. The van der Waals surface area contributed by atoms with Crippen molar-refractivity contribution in [2.24, 2.45) is 10.9 Å². The van der Waals surface area contributed by atoms with Gasteiger partial charge in [0.15, 0.2) is 5.96 Å². The quantitative estimate of drug-likeness (QED) is 0.560. The van der Waals surface area contributed by atoms with E-state index in [0.29, 0.717) is 12.5 Å². The van der Waals surface area contributed by atoms with E-state index < -0.39 is 0 Å². The SMILES string of the molecule is CN=C(NCCc1csc(C)n1)NCc1ccccc1OCC(C)C. The number of guanidine groups is 1. The Labute approximate surface area is 154 Å². The van der Waals surface area contributed by atoms with Gasteiger partial charge in [0.1, 0.15) is 5.75 Å². The normalized spacial score (nSPS) is 11.6. The Morgan fingerprint density at radius 2 is 2.08 bits per heavy atom. The van der Waals surface area contributed by atoms with Gasteiger partial charge in [0.25, 0.3) is 0 Å². The molecule has 0 atom stereocenters. The molecule has 0 aliphatic carbocycles. The molecule has 2 rings (SSSR count). The first-order chi connectivity index (χ1) is 12.1. The predicted molar refractivity (Wildman–Crippen MR) is 106 cm³/mol. The highest BCUT2D eigenvalue weighted by Crippen LogP contribution is 2.18. The molecule has 1 aromatic carbocycles. The third-order valence-electron chi connectivity index (χ3n) is 3.55. The van der Waals surface area contributed by atoms with Crippen molar-refractivity contribution in [3.63, 3.8) is 0 Å². The number of hydrogen-bond acceptors (Lipinski definition) is 4. The summed E-state index contributed by atoms with van der Waals surface area (Å²) in [5.41, 5.74) is 2.25. The van der Waals surface area contributed by atoms with Crippen LogP contribution in [0.3, 0.4) is 0 Å². The van der Waals surface area contributed by atoms with Crippen LogP contribution < -0.4 is 15.4 Å². The molecule has 1 heterocycles. The van der Waals surface area contributed by atoms with Crippen molar-refractivity contribution in [2.45, 2.75) is 33.7 Å². The van der Waals surface area contributed by atoms with E-state index >= 15 is 0 Å². The van der Waals surface area contributed by atoms with Crippen LogP contribution in [0.5, 0.6) is 5.75 Å². The topological polar surface area (TPSA) is 58.5 Å². The summed E-state index contributed by atoms with van der Waals surface area (Å²) in [6, 6.07) is 8.12. The van der Waals surface area contributed by atoms with E-state index in [1.807, 2.05) is 25.1 Å². The molecule has 0 radical (unpaired) electrons. The number of nitrogens with one attached hydrogen (secondary N) is 2. The van der Waals surface area contributed by atoms with E-state index in [1.165, 1.54) is 0 Å². The number of nitrogens with zero attached hydrogens (tertiary/aromatic N) is 2. The lowest BCUT2D eigenvalue weighted by atomic mass is 10.2. The molecule has 0 saturated carbocycles. The Morgan fingerprint density at radius 3 is 2.76 bits per heavy atom. The second-order valence-corrected chi connectivity index (χ2v) is 7.34. The average Bonchev–Trinajstić information content (AvgIpc) is 3.02. The van der Waals surface area contributed by atoms with Gasteiger partial charge in [-0.15, -0.1) is 11.3 Å². The third-order valence-corrected chi connectivity index (χ3v) is 4.38. The van der Waals surface area contributed by atoms with Crippen LogP contribution in [-0.4, -0.2) is 31.1 Å². The zero-order chi connectivity index (χ0) is 18.1. The summed E-state index contributed by atoms with van der Waals surface area (Å²) in [7, 11) is 1.78. The van der Waals surface area contributed by atoms with Crippen molar-refractivity contribution in [2.75, 3.05) is 20.2 Å². The molecule has 2 N–H and O–H groups in total. The number of thiazole rings is 1. The van der Waals surface area contributed by atoms with Gasteiger partial charge >= 0.3 is 0 Å². The zero-order valence-corrected chi connectivity index (χ0v) is 16.3. The van der Waals surface area contributed by atoms with Crippen LogP contribution >= 0.6 is 11.3 Å². The molecule has 1 aromatic heterocycles. The van der Waals surface area contributed by atoms with Crippen molar-refractivity contribution >= 4 is 17.3 Å². The van der Waals surface area contributed by atoms with Gasteiger partial charge in [0, 0.05) is 37.5 Å². The van der Waals surface area contributed by atoms with Gasteiger partial charge in [-0.05, 0) is 18.9 Å². The highest BCUT2D eigenvalue weighted by atomic mass is 32.1. The van der Waals surface area contributed by atoms with Gasteiger partial charge in [0.05, 0.1) is 17.3 Å². The minimum Gasteiger partial charge on any atom is -0.493 e. The maximum absolute atomic E-state index is 5.90. The number of benzene rings is 1. The first-order valence-corrected chi connectivity index (χ1v) is 9.52. The minimum atomic E-state index is 0.504. The van der Waals surface area contributed by atoms with E-state index in [4.69, 9.17) is 4.74 Å². The summed E-state index contributed by atoms with van der Waals surface area (Å²) < 4.78 is 5.90. The largest absolute Gasteiger partial charge is 0.493 e. The molecule has 0 unspecified atom stereocenters. The molecular formula is C19H28N4OS. The number of aromatic nitrogens is 1. The lowest BCUT2D eigenvalue weighted by Crippen LogP contribution is -2.38. The van der Waals surface area contributed by atoms with Crippen LogP contribution in [0.15, 0.2) is 34.6 Å². The number of ether oxygens (including phenoxy) is 1.